The standard InChI is InChI=1S/C58H98O6/c1-4-7-10-13-16-19-22-25-27-29-31-33-36-39-42-45-48-51-57(60)63-54-55(53-62-56(59)50-47-44-41-38-35-32-24-21-18-15-12-9-6-3)64-58(61)52-49-46-43-40-37-34-30-28-26-23-20-17-14-11-8-5-2/h8-9,11-12,15,17-18,20-21,24,26,28,34,37,55H,4-7,10,13-14,16,19,22-23,25,27,29-33,35-36,38-54H2,1-3H3/b11-8-,12-9-,18-15-,20-17-,24-21-,28-26-,37-34-. The van der Waals surface area contributed by atoms with Crippen LogP contribution in [0.4, 0.5) is 0 Å². The van der Waals surface area contributed by atoms with Crippen LogP contribution in [-0.4, -0.2) is 37.2 Å². The number of esters is 3. The van der Waals surface area contributed by atoms with E-state index < -0.39 is 6.10 Å². The zero-order valence-electron chi connectivity index (χ0n) is 41.8. The van der Waals surface area contributed by atoms with Gasteiger partial charge in [-0.3, -0.25) is 14.4 Å². The fraction of sp³-hybridized carbons (Fsp3) is 0.707. The number of carbonyl (C=O) groups excluding carboxylic acids is 3. The summed E-state index contributed by atoms with van der Waals surface area (Å²) in [5.74, 6) is -0.945. The molecule has 1 atom stereocenters. The van der Waals surface area contributed by atoms with E-state index in [0.717, 1.165) is 116 Å². The average Bonchev–Trinajstić information content (AvgIpc) is 3.29. The maximum Gasteiger partial charge on any atom is 0.306 e. The molecule has 0 heterocycles. The van der Waals surface area contributed by atoms with Crippen molar-refractivity contribution in [2.45, 2.75) is 252 Å². The summed E-state index contributed by atoms with van der Waals surface area (Å²) in [6.45, 7) is 6.36. The van der Waals surface area contributed by atoms with E-state index in [2.05, 4.69) is 106 Å². The van der Waals surface area contributed by atoms with Gasteiger partial charge in [-0.1, -0.05) is 234 Å². The van der Waals surface area contributed by atoms with Gasteiger partial charge < -0.3 is 14.2 Å². The molecule has 0 bridgehead atoms. The number of unbranched alkanes of at least 4 members (excludes halogenated alkanes) is 24. The molecule has 0 aliphatic rings. The van der Waals surface area contributed by atoms with Crippen LogP contribution < -0.4 is 0 Å². The lowest BCUT2D eigenvalue weighted by molar-refractivity contribution is -0.167. The molecule has 0 saturated heterocycles. The van der Waals surface area contributed by atoms with Gasteiger partial charge in [0.05, 0.1) is 0 Å². The molecule has 0 aromatic heterocycles. The molecule has 0 fully saturated rings. The first-order chi connectivity index (χ1) is 31.5. The number of ether oxygens (including phenoxy) is 3. The van der Waals surface area contributed by atoms with E-state index in [4.69, 9.17) is 14.2 Å². The fourth-order valence-corrected chi connectivity index (χ4v) is 7.26. The van der Waals surface area contributed by atoms with E-state index in [1.54, 1.807) is 0 Å². The first kappa shape index (κ1) is 60.6. The summed E-state index contributed by atoms with van der Waals surface area (Å²) in [7, 11) is 0. The molecule has 0 saturated carbocycles. The molecule has 0 radical (unpaired) electrons. The second-order valence-corrected chi connectivity index (χ2v) is 17.4. The second kappa shape index (κ2) is 52.2. The Morgan fingerprint density at radius 1 is 0.344 bits per heavy atom. The minimum atomic E-state index is -0.800. The number of rotatable bonds is 47. The summed E-state index contributed by atoms with van der Waals surface area (Å²) in [4.78, 5) is 38.0. The van der Waals surface area contributed by atoms with Crippen molar-refractivity contribution in [1.82, 2.24) is 0 Å². The Balaban J connectivity index is 4.44. The predicted molar refractivity (Wildman–Crippen MR) is 274 cm³/mol. The van der Waals surface area contributed by atoms with Crippen molar-refractivity contribution in [3.63, 3.8) is 0 Å². The molecule has 0 aliphatic carbocycles. The smallest absolute Gasteiger partial charge is 0.306 e. The Bertz CT molecular complexity index is 1250. The highest BCUT2D eigenvalue weighted by molar-refractivity contribution is 5.71. The molecule has 64 heavy (non-hydrogen) atoms. The summed E-state index contributed by atoms with van der Waals surface area (Å²) in [5.41, 5.74) is 0. The van der Waals surface area contributed by atoms with Gasteiger partial charge in [-0.2, -0.15) is 0 Å². The van der Waals surface area contributed by atoms with Crippen LogP contribution in [0.5, 0.6) is 0 Å². The average molecular weight is 891 g/mol. The Morgan fingerprint density at radius 3 is 1.14 bits per heavy atom. The number of allylic oxidation sites excluding steroid dienone is 14. The van der Waals surface area contributed by atoms with E-state index in [9.17, 15) is 14.4 Å². The largest absolute Gasteiger partial charge is 0.462 e. The van der Waals surface area contributed by atoms with Gasteiger partial charge in [-0.15, -0.1) is 0 Å². The molecule has 0 amide bonds. The Labute approximate surface area is 395 Å². The van der Waals surface area contributed by atoms with Crippen LogP contribution in [0, 0.1) is 0 Å². The molecule has 6 heteroatoms. The van der Waals surface area contributed by atoms with E-state index in [1.165, 1.54) is 89.9 Å². The molecular formula is C58H98O6. The van der Waals surface area contributed by atoms with E-state index in [0.29, 0.717) is 12.8 Å². The molecular weight excluding hydrogens is 793 g/mol. The van der Waals surface area contributed by atoms with E-state index in [1.807, 2.05) is 0 Å². The van der Waals surface area contributed by atoms with Crippen molar-refractivity contribution in [3.8, 4) is 0 Å². The highest BCUT2D eigenvalue weighted by Crippen LogP contribution is 2.15. The fourth-order valence-electron chi connectivity index (χ4n) is 7.26. The maximum absolute atomic E-state index is 12.8. The minimum absolute atomic E-state index is 0.0949. The topological polar surface area (TPSA) is 78.9 Å². The van der Waals surface area contributed by atoms with Crippen LogP contribution >= 0.6 is 0 Å². The number of carbonyl (C=O) groups is 3. The highest BCUT2D eigenvalue weighted by atomic mass is 16.6. The van der Waals surface area contributed by atoms with Gasteiger partial charge >= 0.3 is 17.9 Å². The summed E-state index contributed by atoms with van der Waals surface area (Å²) >= 11 is 0. The first-order valence-corrected chi connectivity index (χ1v) is 26.6. The third kappa shape index (κ3) is 49.6. The molecule has 6 nitrogen and oxygen atoms in total. The quantitative estimate of drug-likeness (QED) is 0.0199. The van der Waals surface area contributed by atoms with Crippen molar-refractivity contribution >= 4 is 17.9 Å². The minimum Gasteiger partial charge on any atom is -0.462 e. The second-order valence-electron chi connectivity index (χ2n) is 17.4. The van der Waals surface area contributed by atoms with Gasteiger partial charge in [-0.05, 0) is 77.0 Å². The highest BCUT2D eigenvalue weighted by Gasteiger charge is 2.19. The normalized spacial score (nSPS) is 12.7. The van der Waals surface area contributed by atoms with Crippen molar-refractivity contribution < 1.29 is 28.6 Å². The Kier molecular flexibility index (Phi) is 49.4. The van der Waals surface area contributed by atoms with Gasteiger partial charge in [0, 0.05) is 19.3 Å². The Hall–Kier alpha value is -3.41. The molecule has 0 aromatic carbocycles. The van der Waals surface area contributed by atoms with Gasteiger partial charge in [0.2, 0.25) is 0 Å². The molecule has 366 valence electrons. The zero-order chi connectivity index (χ0) is 46.5. The molecule has 0 spiro atoms. The van der Waals surface area contributed by atoms with Crippen LogP contribution in [0.3, 0.4) is 0 Å². The maximum atomic E-state index is 12.8. The van der Waals surface area contributed by atoms with Crippen molar-refractivity contribution in [1.29, 1.82) is 0 Å². The summed E-state index contributed by atoms with van der Waals surface area (Å²) in [5, 5.41) is 0. The lowest BCUT2D eigenvalue weighted by Crippen LogP contribution is -2.30. The summed E-state index contributed by atoms with van der Waals surface area (Å²) < 4.78 is 16.8. The molecule has 0 rings (SSSR count). The molecule has 0 N–H and O–H groups in total. The Morgan fingerprint density at radius 2 is 0.688 bits per heavy atom. The van der Waals surface area contributed by atoms with Crippen LogP contribution in [0.1, 0.15) is 245 Å². The van der Waals surface area contributed by atoms with Crippen molar-refractivity contribution in [3.05, 3.63) is 85.1 Å². The third-order valence-corrected chi connectivity index (χ3v) is 11.2. The van der Waals surface area contributed by atoms with Crippen LogP contribution in [0.2, 0.25) is 0 Å². The third-order valence-electron chi connectivity index (χ3n) is 11.2. The lowest BCUT2D eigenvalue weighted by Gasteiger charge is -2.18. The van der Waals surface area contributed by atoms with Gasteiger partial charge in [-0.25, -0.2) is 0 Å². The zero-order valence-corrected chi connectivity index (χ0v) is 41.8. The van der Waals surface area contributed by atoms with Crippen LogP contribution in [-0.2, 0) is 28.6 Å². The summed E-state index contributed by atoms with van der Waals surface area (Å²) in [6.07, 6.45) is 67.1. The van der Waals surface area contributed by atoms with Gasteiger partial charge in [0.15, 0.2) is 6.10 Å². The predicted octanol–water partition coefficient (Wildman–Crippen LogP) is 17.6. The van der Waals surface area contributed by atoms with Gasteiger partial charge in [0.25, 0.3) is 0 Å². The van der Waals surface area contributed by atoms with Crippen LogP contribution in [0.15, 0.2) is 85.1 Å². The van der Waals surface area contributed by atoms with E-state index >= 15 is 0 Å². The lowest BCUT2D eigenvalue weighted by atomic mass is 10.0. The SMILES string of the molecule is CC\C=C/C=C\C=C/CCCCCCCC(=O)OCC(COC(=O)CCCCCCCCCCCCCCCCCCC)OC(=O)CCCCC/C=C\C/C=C\C/C=C\C/C=C\CC. The van der Waals surface area contributed by atoms with Gasteiger partial charge in [0.1, 0.15) is 13.2 Å². The molecule has 0 aromatic rings. The van der Waals surface area contributed by atoms with Crippen molar-refractivity contribution in [2.24, 2.45) is 0 Å². The monoisotopic (exact) mass is 891 g/mol. The summed E-state index contributed by atoms with van der Waals surface area (Å²) in [6, 6.07) is 0. The molecule has 0 aliphatic heterocycles. The van der Waals surface area contributed by atoms with Crippen LogP contribution in [0.25, 0.3) is 0 Å². The number of hydrogen-bond donors (Lipinski definition) is 0. The van der Waals surface area contributed by atoms with E-state index in [-0.39, 0.29) is 37.5 Å². The number of hydrogen-bond acceptors (Lipinski definition) is 6. The van der Waals surface area contributed by atoms with Crippen molar-refractivity contribution in [2.75, 3.05) is 13.2 Å². The molecule has 1 unspecified atom stereocenters. The first-order valence-electron chi connectivity index (χ1n) is 26.6.